The molecular weight excluding hydrogens is 320 g/mol. The fourth-order valence-corrected chi connectivity index (χ4v) is 4.12. The smallest absolute Gasteiger partial charge is 0.270 e. The predicted molar refractivity (Wildman–Crippen MR) is 94.2 cm³/mol. The molecule has 5 nitrogen and oxygen atoms in total. The number of hydrogen-bond acceptors (Lipinski definition) is 4. The molecule has 0 radical (unpaired) electrons. The molecule has 0 bridgehead atoms. The van der Waals surface area contributed by atoms with Crippen LogP contribution in [0.2, 0.25) is 0 Å². The molecule has 2 aromatic heterocycles. The van der Waals surface area contributed by atoms with Gasteiger partial charge in [-0.2, -0.15) is 5.26 Å². The summed E-state index contributed by atoms with van der Waals surface area (Å²) in [6.07, 6.45) is 3.45. The highest BCUT2D eigenvalue weighted by Gasteiger charge is 2.28. The highest BCUT2D eigenvalue weighted by Crippen LogP contribution is 2.33. The van der Waals surface area contributed by atoms with Gasteiger partial charge in [-0.05, 0) is 18.9 Å². The molecule has 1 saturated heterocycles. The SMILES string of the molecule is CC(C)(C)c1csc(C2CCN(C(=O)c3cc(C#N)c[nH]3)CC2)n1. The molecule has 3 rings (SSSR count). The van der Waals surface area contributed by atoms with Crippen LogP contribution in [0.15, 0.2) is 17.6 Å². The van der Waals surface area contributed by atoms with Crippen molar-refractivity contribution < 1.29 is 4.79 Å². The van der Waals surface area contributed by atoms with E-state index in [0.29, 0.717) is 17.2 Å². The van der Waals surface area contributed by atoms with Crippen LogP contribution in [0.1, 0.15) is 66.3 Å². The second-order valence-electron chi connectivity index (χ2n) is 7.30. The molecule has 0 aromatic carbocycles. The van der Waals surface area contributed by atoms with Gasteiger partial charge in [0.05, 0.1) is 16.3 Å². The summed E-state index contributed by atoms with van der Waals surface area (Å²) < 4.78 is 0. The number of likely N-dealkylation sites (tertiary alicyclic amines) is 1. The van der Waals surface area contributed by atoms with Crippen molar-refractivity contribution in [1.82, 2.24) is 14.9 Å². The maximum absolute atomic E-state index is 12.5. The van der Waals surface area contributed by atoms with E-state index in [1.54, 1.807) is 23.6 Å². The Morgan fingerprint density at radius 1 is 1.42 bits per heavy atom. The summed E-state index contributed by atoms with van der Waals surface area (Å²) in [6, 6.07) is 3.66. The zero-order valence-corrected chi connectivity index (χ0v) is 15.1. The minimum atomic E-state index is -0.0236. The van der Waals surface area contributed by atoms with Gasteiger partial charge < -0.3 is 9.88 Å². The van der Waals surface area contributed by atoms with Crippen molar-refractivity contribution in [2.75, 3.05) is 13.1 Å². The predicted octanol–water partition coefficient (Wildman–Crippen LogP) is 3.66. The van der Waals surface area contributed by atoms with Crippen molar-refractivity contribution in [3.63, 3.8) is 0 Å². The Labute approximate surface area is 146 Å². The number of hydrogen-bond donors (Lipinski definition) is 1. The van der Waals surface area contributed by atoms with Crippen molar-refractivity contribution in [3.8, 4) is 6.07 Å². The number of rotatable bonds is 2. The molecular formula is C18H22N4OS. The Balaban J connectivity index is 1.62. The van der Waals surface area contributed by atoms with Crippen LogP contribution >= 0.6 is 11.3 Å². The molecule has 24 heavy (non-hydrogen) atoms. The number of aromatic amines is 1. The summed E-state index contributed by atoms with van der Waals surface area (Å²) in [7, 11) is 0. The Morgan fingerprint density at radius 3 is 2.67 bits per heavy atom. The average molecular weight is 342 g/mol. The van der Waals surface area contributed by atoms with Gasteiger partial charge >= 0.3 is 0 Å². The van der Waals surface area contributed by atoms with E-state index in [-0.39, 0.29) is 11.3 Å². The molecule has 6 heteroatoms. The molecule has 126 valence electrons. The van der Waals surface area contributed by atoms with Crippen LogP contribution < -0.4 is 0 Å². The van der Waals surface area contributed by atoms with E-state index in [2.05, 4.69) is 31.1 Å². The second kappa shape index (κ2) is 6.40. The van der Waals surface area contributed by atoms with E-state index in [4.69, 9.17) is 10.2 Å². The Bertz CT molecular complexity index is 770. The lowest BCUT2D eigenvalue weighted by atomic mass is 9.93. The number of nitriles is 1. The molecule has 1 fully saturated rings. The topological polar surface area (TPSA) is 72.8 Å². The first kappa shape index (κ1) is 16.7. The number of aromatic nitrogens is 2. The van der Waals surface area contributed by atoms with Gasteiger partial charge in [-0.25, -0.2) is 4.98 Å². The van der Waals surface area contributed by atoms with E-state index in [1.807, 2.05) is 11.0 Å². The van der Waals surface area contributed by atoms with Crippen LogP contribution in [0, 0.1) is 11.3 Å². The summed E-state index contributed by atoms with van der Waals surface area (Å²) in [5, 5.41) is 12.2. The zero-order valence-electron chi connectivity index (χ0n) is 14.3. The molecule has 1 N–H and O–H groups in total. The number of carbonyl (C=O) groups excluding carboxylic acids is 1. The Kier molecular flexibility index (Phi) is 4.46. The molecule has 0 spiro atoms. The fraction of sp³-hybridized carbons (Fsp3) is 0.500. The standard InChI is InChI=1S/C18H22N4OS/c1-18(2,3)15-11-24-16(21-15)13-4-6-22(7-5-13)17(23)14-8-12(9-19)10-20-14/h8,10-11,13,20H,4-7H2,1-3H3. The molecule has 0 unspecified atom stereocenters. The van der Waals surface area contributed by atoms with Gasteiger partial charge in [0.15, 0.2) is 0 Å². The van der Waals surface area contributed by atoms with Crippen LogP contribution in [0.25, 0.3) is 0 Å². The zero-order chi connectivity index (χ0) is 17.3. The number of thiazole rings is 1. The van der Waals surface area contributed by atoms with Crippen LogP contribution in [0.4, 0.5) is 0 Å². The van der Waals surface area contributed by atoms with Gasteiger partial charge in [0, 0.05) is 36.0 Å². The van der Waals surface area contributed by atoms with E-state index >= 15 is 0 Å². The first-order chi connectivity index (χ1) is 11.4. The molecule has 0 atom stereocenters. The van der Waals surface area contributed by atoms with Crippen LogP contribution in [0.5, 0.6) is 0 Å². The lowest BCUT2D eigenvalue weighted by molar-refractivity contribution is 0.0707. The maximum atomic E-state index is 12.5. The summed E-state index contributed by atoms with van der Waals surface area (Å²) in [5.41, 5.74) is 2.22. The van der Waals surface area contributed by atoms with Crippen molar-refractivity contribution in [2.45, 2.75) is 44.9 Å². The lowest BCUT2D eigenvalue weighted by Crippen LogP contribution is -2.38. The number of piperidine rings is 1. The van der Waals surface area contributed by atoms with Crippen LogP contribution in [-0.4, -0.2) is 33.9 Å². The Hall–Kier alpha value is -2.13. The molecule has 3 heterocycles. The van der Waals surface area contributed by atoms with Gasteiger partial charge in [-0.3, -0.25) is 4.79 Å². The monoisotopic (exact) mass is 342 g/mol. The summed E-state index contributed by atoms with van der Waals surface area (Å²) in [4.78, 5) is 22.1. The van der Waals surface area contributed by atoms with Gasteiger partial charge in [0.2, 0.25) is 0 Å². The summed E-state index contributed by atoms with van der Waals surface area (Å²) in [5.74, 6) is 0.415. The normalized spacial score (nSPS) is 16.2. The quantitative estimate of drug-likeness (QED) is 0.905. The molecule has 2 aromatic rings. The molecule has 1 aliphatic heterocycles. The van der Waals surface area contributed by atoms with Crippen molar-refractivity contribution in [1.29, 1.82) is 5.26 Å². The molecule has 0 saturated carbocycles. The highest BCUT2D eigenvalue weighted by atomic mass is 32.1. The third-order valence-electron chi connectivity index (χ3n) is 4.46. The van der Waals surface area contributed by atoms with Crippen LogP contribution in [0.3, 0.4) is 0 Å². The van der Waals surface area contributed by atoms with E-state index in [0.717, 1.165) is 31.6 Å². The molecule has 1 amide bonds. The first-order valence-corrected chi connectivity index (χ1v) is 9.10. The first-order valence-electron chi connectivity index (χ1n) is 8.22. The van der Waals surface area contributed by atoms with Gasteiger partial charge in [-0.1, -0.05) is 20.8 Å². The lowest BCUT2D eigenvalue weighted by Gasteiger charge is -2.30. The van der Waals surface area contributed by atoms with Crippen LogP contribution in [-0.2, 0) is 5.41 Å². The summed E-state index contributed by atoms with van der Waals surface area (Å²) in [6.45, 7) is 8.00. The number of nitrogens with zero attached hydrogens (tertiary/aromatic N) is 3. The van der Waals surface area contributed by atoms with E-state index in [1.165, 1.54) is 5.01 Å². The third kappa shape index (κ3) is 3.36. The van der Waals surface area contributed by atoms with E-state index < -0.39 is 0 Å². The van der Waals surface area contributed by atoms with Gasteiger partial charge in [-0.15, -0.1) is 11.3 Å². The molecule has 1 aliphatic rings. The number of carbonyl (C=O) groups is 1. The average Bonchev–Trinajstić information content (AvgIpc) is 3.23. The van der Waals surface area contributed by atoms with E-state index in [9.17, 15) is 4.79 Å². The Morgan fingerprint density at radius 2 is 2.12 bits per heavy atom. The second-order valence-corrected chi connectivity index (χ2v) is 8.19. The maximum Gasteiger partial charge on any atom is 0.270 e. The largest absolute Gasteiger partial charge is 0.356 e. The number of H-pyrrole nitrogens is 1. The number of nitrogens with one attached hydrogen (secondary N) is 1. The summed E-state index contributed by atoms with van der Waals surface area (Å²) >= 11 is 1.74. The minimum Gasteiger partial charge on any atom is -0.356 e. The van der Waals surface area contributed by atoms with Crippen molar-refractivity contribution in [3.05, 3.63) is 39.6 Å². The van der Waals surface area contributed by atoms with Gasteiger partial charge in [0.1, 0.15) is 11.8 Å². The van der Waals surface area contributed by atoms with Crippen molar-refractivity contribution in [2.24, 2.45) is 0 Å². The fourth-order valence-electron chi connectivity index (χ4n) is 2.90. The third-order valence-corrected chi connectivity index (χ3v) is 5.47. The van der Waals surface area contributed by atoms with Crippen molar-refractivity contribution >= 4 is 17.2 Å². The van der Waals surface area contributed by atoms with Gasteiger partial charge in [0.25, 0.3) is 5.91 Å². The highest BCUT2D eigenvalue weighted by molar-refractivity contribution is 7.09. The molecule has 0 aliphatic carbocycles. The minimum absolute atomic E-state index is 0.0236. The number of amides is 1.